The van der Waals surface area contributed by atoms with Crippen LogP contribution in [-0.2, 0) is 19.2 Å². The van der Waals surface area contributed by atoms with Gasteiger partial charge in [0.25, 0.3) is 5.97 Å². The van der Waals surface area contributed by atoms with Crippen molar-refractivity contribution < 1.29 is 38.9 Å². The van der Waals surface area contributed by atoms with E-state index in [9.17, 15) is 19.5 Å². The summed E-state index contributed by atoms with van der Waals surface area (Å²) in [7, 11) is 3.00. The van der Waals surface area contributed by atoms with Gasteiger partial charge in [-0.1, -0.05) is 12.1 Å². The highest BCUT2D eigenvalue weighted by Gasteiger charge is 2.32. The van der Waals surface area contributed by atoms with Crippen LogP contribution in [0.5, 0.6) is 11.5 Å². The van der Waals surface area contributed by atoms with E-state index in [-0.39, 0.29) is 37.1 Å². The highest BCUT2D eigenvalue weighted by molar-refractivity contribution is 6.00. The zero-order chi connectivity index (χ0) is 32.5. The molecular weight excluding hydrogens is 582 g/mol. The van der Waals surface area contributed by atoms with Crippen LogP contribution >= 0.6 is 0 Å². The number of imidazole rings is 1. The van der Waals surface area contributed by atoms with Crippen molar-refractivity contribution in [2.45, 2.75) is 63.8 Å². The smallest absolute Gasteiger partial charge is 0.303 e. The standard InChI is InChI=1S/C30H37N5O6.C2H4O2/c1-40-25-14-21-19(13-29(38)39)9-12-28(37)35(24(21)15-26(25)41-2)17-27(36)31-16-18-7-10-20(11-8-18)32-30-33-22-5-3-4-6-23(22)34-30;1-2(3)4/h3-6,14-15,18-20H,7-13,16-17H2,1-2H3,(H,31,36)(H,38,39)(H2,32,33,34);1H3,(H,3,4). The first-order valence-corrected chi connectivity index (χ1v) is 15.0. The number of hydrogen-bond acceptors (Lipinski definition) is 8. The first-order chi connectivity index (χ1) is 21.6. The number of amides is 2. The Balaban J connectivity index is 0.00000109. The van der Waals surface area contributed by atoms with E-state index in [2.05, 4.69) is 20.6 Å². The fourth-order valence-corrected chi connectivity index (χ4v) is 5.95. The molecule has 1 aliphatic carbocycles. The third-order valence-corrected chi connectivity index (χ3v) is 8.16. The molecule has 0 bridgehead atoms. The van der Waals surface area contributed by atoms with Gasteiger partial charge in [-0.15, -0.1) is 0 Å². The molecule has 1 saturated carbocycles. The van der Waals surface area contributed by atoms with Gasteiger partial charge in [-0.25, -0.2) is 4.98 Å². The number of para-hydroxylation sites is 2. The van der Waals surface area contributed by atoms with Gasteiger partial charge in [0.05, 0.1) is 37.4 Å². The van der Waals surface area contributed by atoms with E-state index >= 15 is 0 Å². The molecule has 2 aromatic carbocycles. The van der Waals surface area contributed by atoms with Gasteiger partial charge in [-0.3, -0.25) is 19.2 Å². The van der Waals surface area contributed by atoms with Gasteiger partial charge in [-0.2, -0.15) is 0 Å². The van der Waals surface area contributed by atoms with E-state index in [1.807, 2.05) is 24.3 Å². The number of ether oxygens (including phenoxy) is 2. The highest BCUT2D eigenvalue weighted by atomic mass is 16.5. The number of aromatic nitrogens is 2. The number of methoxy groups -OCH3 is 2. The summed E-state index contributed by atoms with van der Waals surface area (Å²) in [5.74, 6) is -0.648. The molecule has 2 amide bonds. The minimum absolute atomic E-state index is 0.121. The van der Waals surface area contributed by atoms with Crippen LogP contribution in [0.3, 0.4) is 0 Å². The Morgan fingerprint density at radius 2 is 1.69 bits per heavy atom. The second kappa shape index (κ2) is 15.3. The normalized spacial score (nSPS) is 19.4. The Labute approximate surface area is 261 Å². The van der Waals surface area contributed by atoms with Gasteiger partial charge in [-0.05, 0) is 67.7 Å². The zero-order valence-electron chi connectivity index (χ0n) is 25.8. The number of carboxylic acids is 2. The van der Waals surface area contributed by atoms with Crippen LogP contribution in [-0.4, -0.2) is 77.3 Å². The molecule has 0 saturated heterocycles. The molecule has 13 nitrogen and oxygen atoms in total. The second-order valence-corrected chi connectivity index (χ2v) is 11.4. The quantitative estimate of drug-likeness (QED) is 0.220. The first kappa shape index (κ1) is 33.1. The average molecular weight is 624 g/mol. The number of aromatic amines is 1. The topological polar surface area (TPSA) is 183 Å². The highest BCUT2D eigenvalue weighted by Crippen LogP contribution is 2.43. The lowest BCUT2D eigenvalue weighted by atomic mass is 9.86. The molecule has 1 unspecified atom stereocenters. The van der Waals surface area contributed by atoms with E-state index in [0.717, 1.165) is 49.6 Å². The van der Waals surface area contributed by atoms with Crippen molar-refractivity contribution in [3.8, 4) is 11.5 Å². The number of rotatable bonds is 10. The molecule has 2 aliphatic rings. The summed E-state index contributed by atoms with van der Waals surface area (Å²) in [5.41, 5.74) is 3.10. The van der Waals surface area contributed by atoms with Crippen molar-refractivity contribution in [3.63, 3.8) is 0 Å². The first-order valence-electron chi connectivity index (χ1n) is 15.0. The molecule has 5 rings (SSSR count). The van der Waals surface area contributed by atoms with Crippen LogP contribution in [0.15, 0.2) is 36.4 Å². The van der Waals surface area contributed by atoms with Crippen LogP contribution in [0.2, 0.25) is 0 Å². The number of carbonyl (C=O) groups excluding carboxylic acids is 2. The van der Waals surface area contributed by atoms with Gasteiger partial charge in [0, 0.05) is 32.0 Å². The minimum atomic E-state index is -0.947. The van der Waals surface area contributed by atoms with E-state index < -0.39 is 11.9 Å². The molecule has 3 aromatic rings. The molecule has 0 spiro atoms. The van der Waals surface area contributed by atoms with Crippen molar-refractivity contribution in [2.75, 3.05) is 37.5 Å². The fourth-order valence-electron chi connectivity index (χ4n) is 5.95. The third-order valence-electron chi connectivity index (χ3n) is 8.16. The Bertz CT molecular complexity index is 1480. The van der Waals surface area contributed by atoms with E-state index in [1.54, 1.807) is 12.1 Å². The molecular formula is C32H41N5O8. The Hall–Kier alpha value is -4.81. The SMILES string of the molecule is CC(=O)O.COc1cc2c(cc1OC)N(CC(=O)NCC1CCC(Nc3nc4ccccc4[nH]3)CC1)C(=O)CCC2CC(=O)O. The summed E-state index contributed by atoms with van der Waals surface area (Å²) < 4.78 is 10.9. The van der Waals surface area contributed by atoms with Crippen LogP contribution in [0, 0.1) is 5.92 Å². The van der Waals surface area contributed by atoms with Gasteiger partial charge >= 0.3 is 5.97 Å². The molecule has 2 heterocycles. The van der Waals surface area contributed by atoms with Crippen molar-refractivity contribution in [1.29, 1.82) is 0 Å². The molecule has 1 aromatic heterocycles. The van der Waals surface area contributed by atoms with Gasteiger partial charge in [0.15, 0.2) is 11.5 Å². The number of carboxylic acid groups (broad SMARTS) is 2. The number of nitrogens with zero attached hydrogens (tertiary/aromatic N) is 2. The van der Waals surface area contributed by atoms with Crippen LogP contribution in [0.4, 0.5) is 11.6 Å². The number of H-pyrrole nitrogens is 1. The van der Waals surface area contributed by atoms with Gasteiger partial charge in [0.2, 0.25) is 17.8 Å². The Kier molecular flexibility index (Phi) is 11.2. The lowest BCUT2D eigenvalue weighted by Gasteiger charge is -2.29. The predicted octanol–water partition coefficient (Wildman–Crippen LogP) is 4.14. The molecule has 1 atom stereocenters. The Morgan fingerprint density at radius 1 is 1.02 bits per heavy atom. The number of fused-ring (bicyclic) bond motifs is 2. The van der Waals surface area contributed by atoms with Crippen molar-refractivity contribution >= 4 is 46.4 Å². The lowest BCUT2D eigenvalue weighted by molar-refractivity contribution is -0.137. The number of benzene rings is 2. The molecule has 13 heteroatoms. The summed E-state index contributed by atoms with van der Waals surface area (Å²) >= 11 is 0. The minimum Gasteiger partial charge on any atom is -0.493 e. The number of carbonyl (C=O) groups is 4. The second-order valence-electron chi connectivity index (χ2n) is 11.4. The van der Waals surface area contributed by atoms with Crippen LogP contribution < -0.4 is 25.0 Å². The molecule has 1 fully saturated rings. The molecule has 0 radical (unpaired) electrons. The number of aliphatic carboxylic acids is 2. The predicted molar refractivity (Wildman–Crippen MR) is 168 cm³/mol. The van der Waals surface area contributed by atoms with Crippen LogP contribution in [0.1, 0.15) is 63.4 Å². The maximum atomic E-state index is 13.2. The largest absolute Gasteiger partial charge is 0.493 e. The third kappa shape index (κ3) is 8.87. The molecule has 242 valence electrons. The van der Waals surface area contributed by atoms with Gasteiger partial charge < -0.3 is 40.2 Å². The fraction of sp³-hybridized carbons (Fsp3) is 0.469. The van der Waals surface area contributed by atoms with Crippen LogP contribution in [0.25, 0.3) is 11.0 Å². The molecule has 5 N–H and O–H groups in total. The van der Waals surface area contributed by atoms with E-state index in [4.69, 9.17) is 19.4 Å². The summed E-state index contributed by atoms with van der Waals surface area (Å²) in [6.45, 7) is 1.47. The summed E-state index contributed by atoms with van der Waals surface area (Å²) in [6, 6.07) is 11.6. The van der Waals surface area contributed by atoms with Gasteiger partial charge in [0.1, 0.15) is 6.54 Å². The van der Waals surface area contributed by atoms with Crippen molar-refractivity contribution in [2.24, 2.45) is 5.92 Å². The van der Waals surface area contributed by atoms with Crippen molar-refractivity contribution in [1.82, 2.24) is 15.3 Å². The number of anilines is 2. The maximum absolute atomic E-state index is 13.2. The number of hydrogen-bond donors (Lipinski definition) is 5. The van der Waals surface area contributed by atoms with Crippen molar-refractivity contribution in [3.05, 3.63) is 42.0 Å². The lowest BCUT2D eigenvalue weighted by Crippen LogP contribution is -2.42. The summed E-state index contributed by atoms with van der Waals surface area (Å²) in [6.07, 6.45) is 4.28. The maximum Gasteiger partial charge on any atom is 0.303 e. The monoisotopic (exact) mass is 623 g/mol. The average Bonchev–Trinajstić information content (AvgIpc) is 3.37. The number of nitrogens with one attached hydrogen (secondary N) is 3. The summed E-state index contributed by atoms with van der Waals surface area (Å²) in [4.78, 5) is 56.2. The molecule has 45 heavy (non-hydrogen) atoms. The van der Waals surface area contributed by atoms with E-state index in [1.165, 1.54) is 19.1 Å². The summed E-state index contributed by atoms with van der Waals surface area (Å²) in [5, 5.41) is 23.4. The zero-order valence-corrected chi connectivity index (χ0v) is 25.8. The Morgan fingerprint density at radius 3 is 2.33 bits per heavy atom. The molecule has 1 aliphatic heterocycles. The van der Waals surface area contributed by atoms with E-state index in [0.29, 0.717) is 47.7 Å².